The maximum atomic E-state index is 12.0. The van der Waals surface area contributed by atoms with Crippen molar-refractivity contribution in [3.8, 4) is 0 Å². The molecule has 3 aromatic rings. The molecule has 4 rings (SSSR count). The molecular formula is C19H19N5O4S. The highest BCUT2D eigenvalue weighted by atomic mass is 32.2. The first-order valence-corrected chi connectivity index (χ1v) is 10.7. The van der Waals surface area contributed by atoms with Crippen molar-refractivity contribution in [3.05, 3.63) is 42.6 Å². The Morgan fingerprint density at radius 3 is 2.59 bits per heavy atom. The average Bonchev–Trinajstić information content (AvgIpc) is 2.99. The number of ether oxygens (including phenoxy) is 1. The Morgan fingerprint density at radius 2 is 1.97 bits per heavy atom. The van der Waals surface area contributed by atoms with Crippen LogP contribution in [-0.4, -0.2) is 43.4 Å². The molecule has 0 bridgehead atoms. The summed E-state index contributed by atoms with van der Waals surface area (Å²) in [6.45, 7) is 2.20. The molecule has 0 spiro atoms. The fraction of sp³-hybridized carbons (Fsp3) is 0.211. The van der Waals surface area contributed by atoms with Gasteiger partial charge in [-0.05, 0) is 43.3 Å². The SMILES string of the molecule is C[C@@H]1COC(=O)N1c1cc(N)c2cnc(Nc3ccc(S(C)(=O)=O)cc3)nc2c1. The molecule has 2 aromatic carbocycles. The van der Waals surface area contributed by atoms with Crippen molar-refractivity contribution in [1.82, 2.24) is 9.97 Å². The van der Waals surface area contributed by atoms with Gasteiger partial charge in [-0.1, -0.05) is 0 Å². The summed E-state index contributed by atoms with van der Waals surface area (Å²) in [5.41, 5.74) is 8.40. The zero-order valence-corrected chi connectivity index (χ0v) is 16.6. The number of hydrogen-bond donors (Lipinski definition) is 2. The molecule has 29 heavy (non-hydrogen) atoms. The summed E-state index contributed by atoms with van der Waals surface area (Å²) in [6.07, 6.45) is 2.33. The number of fused-ring (bicyclic) bond motifs is 1. The Balaban J connectivity index is 1.67. The van der Waals surface area contributed by atoms with Crippen LogP contribution in [0.15, 0.2) is 47.5 Å². The Hall–Kier alpha value is -3.40. The summed E-state index contributed by atoms with van der Waals surface area (Å²) in [6, 6.07) is 9.64. The van der Waals surface area contributed by atoms with Crippen LogP contribution in [0.3, 0.4) is 0 Å². The third kappa shape index (κ3) is 3.66. The topological polar surface area (TPSA) is 128 Å². The lowest BCUT2D eigenvalue weighted by Gasteiger charge is -2.19. The normalized spacial score (nSPS) is 16.8. The van der Waals surface area contributed by atoms with Gasteiger partial charge in [-0.2, -0.15) is 0 Å². The van der Waals surface area contributed by atoms with Crippen molar-refractivity contribution in [3.63, 3.8) is 0 Å². The standard InChI is InChI=1S/C19H19N5O4S/c1-11-10-28-19(25)24(11)13-7-16(20)15-9-21-18(23-17(15)8-13)22-12-3-5-14(6-4-12)29(2,26)27/h3-9,11H,10,20H2,1-2H3,(H,21,22,23)/t11-/m1/s1. The number of carbonyl (C=O) groups is 1. The number of sulfone groups is 1. The number of carbonyl (C=O) groups excluding carboxylic acids is 1. The van der Waals surface area contributed by atoms with E-state index < -0.39 is 15.9 Å². The van der Waals surface area contributed by atoms with E-state index in [1.54, 1.807) is 30.5 Å². The van der Waals surface area contributed by atoms with Crippen LogP contribution in [0.25, 0.3) is 10.9 Å². The Morgan fingerprint density at radius 1 is 1.24 bits per heavy atom. The van der Waals surface area contributed by atoms with Crippen molar-refractivity contribution in [1.29, 1.82) is 0 Å². The molecule has 1 aliphatic rings. The maximum Gasteiger partial charge on any atom is 0.414 e. The molecule has 1 amide bonds. The maximum absolute atomic E-state index is 12.0. The quantitative estimate of drug-likeness (QED) is 0.625. The molecule has 150 valence electrons. The second-order valence-electron chi connectivity index (χ2n) is 6.88. The van der Waals surface area contributed by atoms with Crippen LogP contribution in [-0.2, 0) is 14.6 Å². The van der Waals surface area contributed by atoms with E-state index >= 15 is 0 Å². The number of benzene rings is 2. The third-order valence-electron chi connectivity index (χ3n) is 4.62. The van der Waals surface area contributed by atoms with E-state index in [9.17, 15) is 13.2 Å². The number of cyclic esters (lactones) is 1. The van der Waals surface area contributed by atoms with Gasteiger partial charge in [-0.25, -0.2) is 23.2 Å². The van der Waals surface area contributed by atoms with Crippen LogP contribution in [0.2, 0.25) is 0 Å². The van der Waals surface area contributed by atoms with Crippen molar-refractivity contribution < 1.29 is 17.9 Å². The van der Waals surface area contributed by atoms with E-state index in [2.05, 4.69) is 15.3 Å². The van der Waals surface area contributed by atoms with E-state index in [1.807, 2.05) is 6.92 Å². The Bertz CT molecular complexity index is 1210. The summed E-state index contributed by atoms with van der Waals surface area (Å²) in [5, 5.41) is 3.70. The average molecular weight is 413 g/mol. The second kappa shape index (κ2) is 6.89. The number of nitrogen functional groups attached to an aromatic ring is 1. The van der Waals surface area contributed by atoms with E-state index in [4.69, 9.17) is 10.5 Å². The lowest BCUT2D eigenvalue weighted by atomic mass is 10.1. The molecule has 9 nitrogen and oxygen atoms in total. The van der Waals surface area contributed by atoms with E-state index in [-0.39, 0.29) is 10.9 Å². The monoisotopic (exact) mass is 413 g/mol. The number of nitrogens with one attached hydrogen (secondary N) is 1. The van der Waals surface area contributed by atoms with E-state index in [0.717, 1.165) is 6.26 Å². The fourth-order valence-corrected chi connectivity index (χ4v) is 3.77. The highest BCUT2D eigenvalue weighted by Crippen LogP contribution is 2.31. The smallest absolute Gasteiger partial charge is 0.414 e. The first-order valence-electron chi connectivity index (χ1n) is 8.82. The van der Waals surface area contributed by atoms with Crippen molar-refractivity contribution >= 4 is 49.8 Å². The molecule has 1 fully saturated rings. The Kier molecular flexibility index (Phi) is 4.50. The minimum atomic E-state index is -3.26. The van der Waals surface area contributed by atoms with Gasteiger partial charge in [-0.15, -0.1) is 0 Å². The van der Waals surface area contributed by atoms with Gasteiger partial charge in [0.2, 0.25) is 5.95 Å². The van der Waals surface area contributed by atoms with Gasteiger partial charge in [-0.3, -0.25) is 4.90 Å². The molecular weight excluding hydrogens is 394 g/mol. The summed E-state index contributed by atoms with van der Waals surface area (Å²) in [5.74, 6) is 0.318. The number of nitrogens with zero attached hydrogens (tertiary/aromatic N) is 3. The highest BCUT2D eigenvalue weighted by molar-refractivity contribution is 7.90. The Labute approximate surface area is 167 Å². The predicted molar refractivity (Wildman–Crippen MR) is 110 cm³/mol. The minimum Gasteiger partial charge on any atom is -0.447 e. The lowest BCUT2D eigenvalue weighted by Crippen LogP contribution is -2.30. The van der Waals surface area contributed by atoms with E-state index in [0.29, 0.717) is 40.5 Å². The summed E-state index contributed by atoms with van der Waals surface area (Å²) in [4.78, 5) is 22.5. The molecule has 3 N–H and O–H groups in total. The first kappa shape index (κ1) is 18.9. The fourth-order valence-electron chi connectivity index (χ4n) is 3.14. The van der Waals surface area contributed by atoms with Crippen molar-refractivity contribution in [2.45, 2.75) is 17.9 Å². The summed E-state index contributed by atoms with van der Waals surface area (Å²) < 4.78 is 28.2. The molecule has 1 atom stereocenters. The van der Waals surface area contributed by atoms with Crippen LogP contribution in [0.1, 0.15) is 6.92 Å². The molecule has 1 aromatic heterocycles. The van der Waals surface area contributed by atoms with Gasteiger partial charge in [0.05, 0.1) is 22.1 Å². The van der Waals surface area contributed by atoms with Crippen molar-refractivity contribution in [2.24, 2.45) is 0 Å². The van der Waals surface area contributed by atoms with Crippen LogP contribution in [0, 0.1) is 0 Å². The predicted octanol–water partition coefficient (Wildman–Crippen LogP) is 2.70. The number of anilines is 4. The largest absolute Gasteiger partial charge is 0.447 e. The molecule has 0 saturated carbocycles. The lowest BCUT2D eigenvalue weighted by molar-refractivity contribution is 0.179. The molecule has 10 heteroatoms. The number of hydrogen-bond acceptors (Lipinski definition) is 8. The zero-order valence-electron chi connectivity index (χ0n) is 15.8. The van der Waals surface area contributed by atoms with Gasteiger partial charge >= 0.3 is 6.09 Å². The molecule has 0 aliphatic carbocycles. The van der Waals surface area contributed by atoms with Gasteiger partial charge in [0, 0.05) is 29.2 Å². The van der Waals surface area contributed by atoms with Crippen molar-refractivity contribution in [2.75, 3.05) is 28.8 Å². The van der Waals surface area contributed by atoms with Gasteiger partial charge in [0.25, 0.3) is 0 Å². The second-order valence-corrected chi connectivity index (χ2v) is 8.89. The van der Waals surface area contributed by atoms with Crippen LogP contribution >= 0.6 is 0 Å². The number of aromatic nitrogens is 2. The van der Waals surface area contributed by atoms with Gasteiger partial charge < -0.3 is 15.8 Å². The highest BCUT2D eigenvalue weighted by Gasteiger charge is 2.31. The number of rotatable bonds is 4. The number of nitrogens with two attached hydrogens (primary N) is 1. The van der Waals surface area contributed by atoms with Gasteiger partial charge in [0.15, 0.2) is 9.84 Å². The summed E-state index contributed by atoms with van der Waals surface area (Å²) in [7, 11) is -3.26. The number of amides is 1. The van der Waals surface area contributed by atoms with Crippen LogP contribution in [0.5, 0.6) is 0 Å². The van der Waals surface area contributed by atoms with Crippen LogP contribution < -0.4 is 16.0 Å². The third-order valence-corrected chi connectivity index (χ3v) is 5.75. The molecule has 1 saturated heterocycles. The van der Waals surface area contributed by atoms with Gasteiger partial charge in [0.1, 0.15) is 6.61 Å². The molecule has 1 aliphatic heterocycles. The molecule has 0 radical (unpaired) electrons. The van der Waals surface area contributed by atoms with Crippen LogP contribution in [0.4, 0.5) is 27.8 Å². The van der Waals surface area contributed by atoms with E-state index in [1.165, 1.54) is 17.0 Å². The summed E-state index contributed by atoms with van der Waals surface area (Å²) >= 11 is 0. The minimum absolute atomic E-state index is 0.104. The molecule has 0 unspecified atom stereocenters. The molecule has 2 heterocycles. The first-order chi connectivity index (χ1) is 13.7. The zero-order chi connectivity index (χ0) is 20.8.